The highest BCUT2D eigenvalue weighted by Gasteiger charge is 2.24. The van der Waals surface area contributed by atoms with E-state index in [0.29, 0.717) is 12.3 Å². The third-order valence-electron chi connectivity index (χ3n) is 5.93. The summed E-state index contributed by atoms with van der Waals surface area (Å²) in [5.74, 6) is -0.231. The van der Waals surface area contributed by atoms with Gasteiger partial charge >= 0.3 is 5.97 Å². The van der Waals surface area contributed by atoms with Crippen LogP contribution in [0, 0.1) is 5.92 Å². The summed E-state index contributed by atoms with van der Waals surface area (Å²) in [6.07, 6.45) is 12.3. The number of hydrogen-bond donors (Lipinski definition) is 2. The number of unbranched alkanes of at least 4 members (excludes halogenated alkanes) is 2. The quantitative estimate of drug-likeness (QED) is 0.197. The van der Waals surface area contributed by atoms with Crippen LogP contribution < -0.4 is 0 Å². The SMILES string of the molecule is CCCCCC(O)c1ccc(C[C@@H](CCCC2=CCC(C(=O)O)S2)CCC(Cl)Cl)cc1. The van der Waals surface area contributed by atoms with Crippen LogP contribution in [0.3, 0.4) is 0 Å². The first-order chi connectivity index (χ1) is 14.9. The van der Waals surface area contributed by atoms with Gasteiger partial charge in [0, 0.05) is 0 Å². The molecule has 2 N–H and O–H groups in total. The number of hydrogen-bond acceptors (Lipinski definition) is 3. The van der Waals surface area contributed by atoms with Crippen molar-refractivity contribution in [2.75, 3.05) is 0 Å². The van der Waals surface area contributed by atoms with E-state index in [1.807, 2.05) is 0 Å². The zero-order valence-corrected chi connectivity index (χ0v) is 20.8. The smallest absolute Gasteiger partial charge is 0.317 e. The Bertz CT molecular complexity index is 691. The minimum atomic E-state index is -0.719. The Kier molecular flexibility index (Phi) is 12.4. The number of aliphatic hydroxyl groups excluding tert-OH is 1. The number of allylic oxidation sites excluding steroid dienone is 2. The number of thioether (sulfide) groups is 1. The molecule has 2 unspecified atom stereocenters. The number of aliphatic hydroxyl groups is 1. The van der Waals surface area contributed by atoms with Gasteiger partial charge in [-0.05, 0) is 73.3 Å². The molecule has 3 nitrogen and oxygen atoms in total. The molecule has 1 heterocycles. The van der Waals surface area contributed by atoms with Crippen LogP contribution >= 0.6 is 35.0 Å². The Morgan fingerprint density at radius 1 is 1.10 bits per heavy atom. The fourth-order valence-electron chi connectivity index (χ4n) is 4.07. The lowest BCUT2D eigenvalue weighted by molar-refractivity contribution is -0.136. The monoisotopic (exact) mass is 486 g/mol. The molecular weight excluding hydrogens is 451 g/mol. The fourth-order valence-corrected chi connectivity index (χ4v) is 5.43. The molecule has 174 valence electrons. The summed E-state index contributed by atoms with van der Waals surface area (Å²) in [7, 11) is 0. The molecular formula is C25H36Cl2O3S. The van der Waals surface area contributed by atoms with Gasteiger partial charge in [0.1, 0.15) is 10.1 Å². The van der Waals surface area contributed by atoms with Gasteiger partial charge in [0.15, 0.2) is 0 Å². The molecule has 1 aliphatic heterocycles. The molecule has 31 heavy (non-hydrogen) atoms. The van der Waals surface area contributed by atoms with Crippen molar-refractivity contribution in [2.24, 2.45) is 5.92 Å². The maximum absolute atomic E-state index is 11.1. The van der Waals surface area contributed by atoms with Crippen LogP contribution in [0.4, 0.5) is 0 Å². The Hall–Kier alpha value is -0.680. The number of alkyl halides is 2. The second-order valence-corrected chi connectivity index (χ2v) is 11.1. The van der Waals surface area contributed by atoms with E-state index in [0.717, 1.165) is 69.8 Å². The standard InChI is InChI=1S/C25H36Cl2O3S/c1-2-3-4-8-22(28)20-12-9-19(10-13-20)17-18(11-16-24(26)27)6-5-7-21-14-15-23(31-21)25(29)30/h9-10,12-14,18,22-24,28H,2-8,11,15-17H2,1H3,(H,29,30)/t18-,22?,23?/m0/s1. The lowest BCUT2D eigenvalue weighted by atomic mass is 9.89. The first-order valence-electron chi connectivity index (χ1n) is 11.5. The Labute approximate surface area is 201 Å². The van der Waals surface area contributed by atoms with Crippen molar-refractivity contribution in [3.8, 4) is 0 Å². The summed E-state index contributed by atoms with van der Waals surface area (Å²) in [6.45, 7) is 2.17. The second-order valence-electron chi connectivity index (χ2n) is 8.53. The van der Waals surface area contributed by atoms with Crippen LogP contribution in [0.5, 0.6) is 0 Å². The summed E-state index contributed by atoms with van der Waals surface area (Å²) in [6, 6.07) is 8.38. The third-order valence-corrected chi connectivity index (χ3v) is 7.72. The summed E-state index contributed by atoms with van der Waals surface area (Å²) in [5.41, 5.74) is 2.27. The van der Waals surface area contributed by atoms with E-state index in [4.69, 9.17) is 28.3 Å². The molecule has 0 radical (unpaired) electrons. The highest BCUT2D eigenvalue weighted by atomic mass is 35.5. The molecule has 0 fully saturated rings. The second kappa shape index (κ2) is 14.5. The molecule has 0 saturated carbocycles. The molecule has 0 aliphatic carbocycles. The zero-order valence-electron chi connectivity index (χ0n) is 18.4. The number of aliphatic carboxylic acids is 1. The number of carbonyl (C=O) groups is 1. The molecule has 3 atom stereocenters. The first-order valence-corrected chi connectivity index (χ1v) is 13.3. The highest BCUT2D eigenvalue weighted by molar-refractivity contribution is 8.04. The van der Waals surface area contributed by atoms with Crippen molar-refractivity contribution in [1.29, 1.82) is 0 Å². The van der Waals surface area contributed by atoms with Crippen molar-refractivity contribution in [3.05, 3.63) is 46.4 Å². The molecule has 0 aromatic heterocycles. The van der Waals surface area contributed by atoms with Gasteiger partial charge in [0.2, 0.25) is 0 Å². The van der Waals surface area contributed by atoms with Crippen LogP contribution in [0.15, 0.2) is 35.2 Å². The number of halogens is 2. The van der Waals surface area contributed by atoms with Crippen molar-refractivity contribution < 1.29 is 15.0 Å². The maximum Gasteiger partial charge on any atom is 0.317 e. The predicted molar refractivity (Wildman–Crippen MR) is 133 cm³/mol. The van der Waals surface area contributed by atoms with E-state index in [9.17, 15) is 9.90 Å². The first kappa shape index (κ1) is 26.6. The number of rotatable bonds is 15. The average molecular weight is 488 g/mol. The van der Waals surface area contributed by atoms with Crippen LogP contribution in [0.25, 0.3) is 0 Å². The van der Waals surface area contributed by atoms with Crippen LogP contribution in [-0.2, 0) is 11.2 Å². The topological polar surface area (TPSA) is 57.5 Å². The Morgan fingerprint density at radius 2 is 1.84 bits per heavy atom. The van der Waals surface area contributed by atoms with Crippen molar-refractivity contribution in [2.45, 2.75) is 93.7 Å². The normalized spacial score (nSPS) is 18.2. The highest BCUT2D eigenvalue weighted by Crippen LogP contribution is 2.36. The van der Waals surface area contributed by atoms with Crippen molar-refractivity contribution in [3.63, 3.8) is 0 Å². The summed E-state index contributed by atoms with van der Waals surface area (Å²) in [5, 5.41) is 19.2. The Balaban J connectivity index is 1.84. The van der Waals surface area contributed by atoms with E-state index >= 15 is 0 Å². The maximum atomic E-state index is 11.1. The molecule has 2 rings (SSSR count). The molecule has 0 bridgehead atoms. The summed E-state index contributed by atoms with van der Waals surface area (Å²) < 4.78 is 0. The van der Waals surface area contributed by atoms with Crippen molar-refractivity contribution in [1.82, 2.24) is 0 Å². The minimum Gasteiger partial charge on any atom is -0.480 e. The van der Waals surface area contributed by atoms with Gasteiger partial charge in [0.25, 0.3) is 0 Å². The lowest BCUT2D eigenvalue weighted by Crippen LogP contribution is -2.12. The molecule has 1 aromatic rings. The Morgan fingerprint density at radius 3 is 2.45 bits per heavy atom. The lowest BCUT2D eigenvalue weighted by Gasteiger charge is -2.18. The van der Waals surface area contributed by atoms with E-state index < -0.39 is 5.97 Å². The summed E-state index contributed by atoms with van der Waals surface area (Å²) in [4.78, 5) is 12.0. The van der Waals surface area contributed by atoms with Gasteiger partial charge in [-0.25, -0.2) is 0 Å². The molecule has 0 spiro atoms. The van der Waals surface area contributed by atoms with Gasteiger partial charge in [0.05, 0.1) is 6.10 Å². The van der Waals surface area contributed by atoms with E-state index in [1.165, 1.54) is 22.2 Å². The van der Waals surface area contributed by atoms with Gasteiger partial charge < -0.3 is 10.2 Å². The fraction of sp³-hybridized carbons (Fsp3) is 0.640. The molecule has 0 amide bonds. The van der Waals surface area contributed by atoms with Crippen LogP contribution in [0.2, 0.25) is 0 Å². The van der Waals surface area contributed by atoms with Crippen LogP contribution in [-0.4, -0.2) is 26.3 Å². The third kappa shape index (κ3) is 10.2. The predicted octanol–water partition coefficient (Wildman–Crippen LogP) is 7.69. The van der Waals surface area contributed by atoms with E-state index in [-0.39, 0.29) is 16.2 Å². The molecule has 1 aromatic carbocycles. The van der Waals surface area contributed by atoms with Gasteiger partial charge in [-0.2, -0.15) is 0 Å². The van der Waals surface area contributed by atoms with Gasteiger partial charge in [-0.15, -0.1) is 35.0 Å². The van der Waals surface area contributed by atoms with Gasteiger partial charge in [-0.3, -0.25) is 4.79 Å². The number of benzene rings is 1. The van der Waals surface area contributed by atoms with Gasteiger partial charge in [-0.1, -0.05) is 56.5 Å². The van der Waals surface area contributed by atoms with E-state index in [1.54, 1.807) is 0 Å². The van der Waals surface area contributed by atoms with Crippen molar-refractivity contribution >= 4 is 40.9 Å². The number of carboxylic acid groups (broad SMARTS) is 1. The van der Waals surface area contributed by atoms with E-state index in [2.05, 4.69) is 37.3 Å². The molecule has 1 aliphatic rings. The molecule has 6 heteroatoms. The van der Waals surface area contributed by atoms with Crippen LogP contribution in [0.1, 0.15) is 88.4 Å². The average Bonchev–Trinajstić information content (AvgIpc) is 3.22. The minimum absolute atomic E-state index is 0.310. The zero-order chi connectivity index (χ0) is 22.6. The summed E-state index contributed by atoms with van der Waals surface area (Å²) >= 11 is 13.5. The number of carboxylic acids is 1. The molecule has 0 saturated heterocycles. The largest absolute Gasteiger partial charge is 0.480 e.